The lowest BCUT2D eigenvalue weighted by Crippen LogP contribution is -2.46. The highest BCUT2D eigenvalue weighted by Gasteiger charge is 2.22. The maximum Gasteiger partial charge on any atom is 0.267 e. The van der Waals surface area contributed by atoms with Gasteiger partial charge in [0.1, 0.15) is 5.75 Å². The average Bonchev–Trinajstić information content (AvgIpc) is 2.15. The van der Waals surface area contributed by atoms with Crippen LogP contribution in [0.2, 0.25) is 0 Å². The van der Waals surface area contributed by atoms with Gasteiger partial charge in [0.15, 0.2) is 0 Å². The Kier molecular flexibility index (Phi) is 6.99. The molecule has 0 rings (SSSR count). The fourth-order valence-electron chi connectivity index (χ4n) is 1.18. The molecule has 0 heterocycles. The van der Waals surface area contributed by atoms with Crippen LogP contribution in [0, 0.1) is 0 Å². The molecule has 0 radical (unpaired) electrons. The second-order valence-corrected chi connectivity index (χ2v) is 4.83. The van der Waals surface area contributed by atoms with E-state index in [1.165, 1.54) is 0 Å². The third kappa shape index (κ3) is 6.33. The van der Waals surface area contributed by atoms with E-state index in [2.05, 4.69) is 0 Å². The Hall–Kier alpha value is -0.290. The van der Waals surface area contributed by atoms with E-state index in [1.807, 2.05) is 0 Å². The Morgan fingerprint density at radius 1 is 1.12 bits per heavy atom. The third-order valence-corrected chi connectivity index (χ3v) is 2.77. The van der Waals surface area contributed by atoms with Gasteiger partial charge < -0.3 is 20.4 Å². The highest BCUT2D eigenvalue weighted by molar-refractivity contribution is 7.85. The normalized spacial score (nSPS) is 14.7. The van der Waals surface area contributed by atoms with Crippen molar-refractivity contribution in [1.82, 2.24) is 4.90 Å². The van der Waals surface area contributed by atoms with Crippen LogP contribution >= 0.6 is 0 Å². The molecule has 0 aliphatic rings. The van der Waals surface area contributed by atoms with Gasteiger partial charge in [0.05, 0.1) is 32.1 Å². The van der Waals surface area contributed by atoms with Gasteiger partial charge in [-0.25, -0.2) is 0 Å². The first-order valence-electron chi connectivity index (χ1n) is 4.54. The molecule has 0 aromatic rings. The van der Waals surface area contributed by atoms with Crippen LogP contribution in [-0.2, 0) is 10.1 Å². The zero-order chi connectivity index (χ0) is 12.8. The summed E-state index contributed by atoms with van der Waals surface area (Å²) >= 11 is 0. The van der Waals surface area contributed by atoms with Crippen LogP contribution < -0.4 is 0 Å². The predicted molar refractivity (Wildman–Crippen MR) is 54.2 cm³/mol. The van der Waals surface area contributed by atoms with E-state index in [-0.39, 0.29) is 6.54 Å². The predicted octanol–water partition coefficient (Wildman–Crippen LogP) is -3.16. The summed E-state index contributed by atoms with van der Waals surface area (Å²) in [5, 5.41) is 35.8. The van der Waals surface area contributed by atoms with Crippen LogP contribution in [-0.4, -0.2) is 82.7 Å². The summed E-state index contributed by atoms with van der Waals surface area (Å²) < 4.78 is 29.3. The van der Waals surface area contributed by atoms with Crippen LogP contribution in [0.15, 0.2) is 0 Å². The molecule has 0 fully saturated rings. The van der Waals surface area contributed by atoms with Crippen molar-refractivity contribution in [2.75, 3.05) is 32.2 Å². The number of nitrogens with zero attached hydrogens (tertiary/aromatic N) is 1. The second kappa shape index (κ2) is 7.12. The SMILES string of the molecule is O=S(=O)(O)C[C@H](O)CN(CO)C(CO)CO. The molecule has 0 bridgehead atoms. The standard InChI is InChI=1S/C7H17NO7S/c9-2-6(3-10)8(5-11)1-7(12)4-16(13,14)15/h6-7,9-12H,1-5H2,(H,13,14,15)/t7-/m1/s1. The molecular weight excluding hydrogens is 242 g/mol. The van der Waals surface area contributed by atoms with Gasteiger partial charge in [-0.05, 0) is 0 Å². The first-order chi connectivity index (χ1) is 7.34. The van der Waals surface area contributed by atoms with Gasteiger partial charge in [-0.1, -0.05) is 0 Å². The van der Waals surface area contributed by atoms with E-state index >= 15 is 0 Å². The Balaban J connectivity index is 4.31. The first-order valence-corrected chi connectivity index (χ1v) is 6.14. The summed E-state index contributed by atoms with van der Waals surface area (Å²) in [7, 11) is -4.30. The van der Waals surface area contributed by atoms with E-state index < -0.39 is 48.0 Å². The second-order valence-electron chi connectivity index (χ2n) is 3.33. The lowest BCUT2D eigenvalue weighted by molar-refractivity contribution is -0.00962. The van der Waals surface area contributed by atoms with Gasteiger partial charge in [-0.3, -0.25) is 9.45 Å². The van der Waals surface area contributed by atoms with E-state index in [1.54, 1.807) is 0 Å². The molecule has 0 unspecified atom stereocenters. The minimum Gasteiger partial charge on any atom is -0.395 e. The number of rotatable bonds is 8. The van der Waals surface area contributed by atoms with Gasteiger partial charge in [0.25, 0.3) is 10.1 Å². The number of hydrogen-bond donors (Lipinski definition) is 5. The van der Waals surface area contributed by atoms with Crippen LogP contribution in [0.5, 0.6) is 0 Å². The number of hydrogen-bond acceptors (Lipinski definition) is 7. The molecule has 0 aromatic heterocycles. The monoisotopic (exact) mass is 259 g/mol. The van der Waals surface area contributed by atoms with Crippen molar-refractivity contribution in [3.05, 3.63) is 0 Å². The Morgan fingerprint density at radius 2 is 1.62 bits per heavy atom. The molecule has 9 heteroatoms. The van der Waals surface area contributed by atoms with E-state index in [9.17, 15) is 13.5 Å². The van der Waals surface area contributed by atoms with E-state index in [4.69, 9.17) is 19.9 Å². The molecule has 1 atom stereocenters. The topological polar surface area (TPSA) is 139 Å². The lowest BCUT2D eigenvalue weighted by Gasteiger charge is -2.28. The average molecular weight is 259 g/mol. The number of aliphatic hydroxyl groups excluding tert-OH is 4. The summed E-state index contributed by atoms with van der Waals surface area (Å²) in [4.78, 5) is 1.09. The minimum absolute atomic E-state index is 0.290. The summed E-state index contributed by atoms with van der Waals surface area (Å²) in [5.41, 5.74) is 0. The first kappa shape index (κ1) is 15.7. The van der Waals surface area contributed by atoms with Crippen LogP contribution in [0.1, 0.15) is 0 Å². The molecule has 16 heavy (non-hydrogen) atoms. The summed E-state index contributed by atoms with van der Waals surface area (Å²) in [6.45, 7) is -1.75. The fraction of sp³-hybridized carbons (Fsp3) is 1.00. The van der Waals surface area contributed by atoms with Crippen LogP contribution in [0.4, 0.5) is 0 Å². The molecule has 5 N–H and O–H groups in total. The van der Waals surface area contributed by atoms with Gasteiger partial charge in [-0.15, -0.1) is 0 Å². The maximum absolute atomic E-state index is 10.4. The largest absolute Gasteiger partial charge is 0.395 e. The zero-order valence-electron chi connectivity index (χ0n) is 8.60. The van der Waals surface area contributed by atoms with Gasteiger partial charge in [0, 0.05) is 6.54 Å². The van der Waals surface area contributed by atoms with Gasteiger partial charge >= 0.3 is 0 Å². The molecule has 0 spiro atoms. The zero-order valence-corrected chi connectivity index (χ0v) is 9.41. The molecule has 98 valence electrons. The summed E-state index contributed by atoms with van der Waals surface area (Å²) in [5.74, 6) is -0.868. The van der Waals surface area contributed by atoms with Crippen LogP contribution in [0.25, 0.3) is 0 Å². The third-order valence-electron chi connectivity index (χ3n) is 1.97. The van der Waals surface area contributed by atoms with Crippen molar-refractivity contribution in [3.8, 4) is 0 Å². The van der Waals surface area contributed by atoms with Crippen molar-refractivity contribution in [3.63, 3.8) is 0 Å². The summed E-state index contributed by atoms with van der Waals surface area (Å²) in [6, 6.07) is -0.791. The molecule has 0 saturated heterocycles. The van der Waals surface area contributed by atoms with E-state index in [0.29, 0.717) is 0 Å². The quantitative estimate of drug-likeness (QED) is 0.227. The lowest BCUT2D eigenvalue weighted by atomic mass is 10.2. The van der Waals surface area contributed by atoms with E-state index in [0.717, 1.165) is 4.90 Å². The number of aliphatic hydroxyl groups is 4. The molecule has 0 aliphatic carbocycles. The Bertz CT molecular complexity index is 276. The Labute approximate surface area is 93.5 Å². The molecule has 0 amide bonds. The van der Waals surface area contributed by atoms with Crippen molar-refractivity contribution in [1.29, 1.82) is 0 Å². The molecule has 0 aromatic carbocycles. The molecule has 0 saturated carbocycles. The van der Waals surface area contributed by atoms with Crippen molar-refractivity contribution in [2.24, 2.45) is 0 Å². The minimum atomic E-state index is -4.30. The van der Waals surface area contributed by atoms with Gasteiger partial charge in [-0.2, -0.15) is 8.42 Å². The highest BCUT2D eigenvalue weighted by Crippen LogP contribution is 2.01. The molecule has 0 aliphatic heterocycles. The maximum atomic E-state index is 10.4. The van der Waals surface area contributed by atoms with Gasteiger partial charge in [0.2, 0.25) is 0 Å². The smallest absolute Gasteiger partial charge is 0.267 e. The summed E-state index contributed by atoms with van der Waals surface area (Å²) in [6.07, 6.45) is -1.41. The fourth-order valence-corrected chi connectivity index (χ4v) is 1.77. The van der Waals surface area contributed by atoms with Crippen molar-refractivity contribution >= 4 is 10.1 Å². The van der Waals surface area contributed by atoms with Crippen molar-refractivity contribution in [2.45, 2.75) is 12.1 Å². The molecule has 8 nitrogen and oxygen atoms in total. The van der Waals surface area contributed by atoms with Crippen LogP contribution in [0.3, 0.4) is 0 Å². The Morgan fingerprint density at radius 3 is 1.94 bits per heavy atom. The van der Waals surface area contributed by atoms with Crippen molar-refractivity contribution < 1.29 is 33.4 Å². The molecular formula is C7H17NO7S. The highest BCUT2D eigenvalue weighted by atomic mass is 32.2.